The number of aliphatic carboxylic acids is 1. The number of likely N-dealkylation sites (tertiary alicyclic amines) is 1. The van der Waals surface area contributed by atoms with Crippen molar-refractivity contribution in [3.8, 4) is 0 Å². The highest BCUT2D eigenvalue weighted by atomic mass is 16.4. The minimum absolute atomic E-state index is 0.0136. The summed E-state index contributed by atoms with van der Waals surface area (Å²) in [6.07, 6.45) is 4.40. The maximum Gasteiger partial charge on any atom is 0.306 e. The van der Waals surface area contributed by atoms with Gasteiger partial charge < -0.3 is 15.3 Å². The lowest BCUT2D eigenvalue weighted by atomic mass is 9.85. The summed E-state index contributed by atoms with van der Waals surface area (Å²) in [5.74, 6) is -1.08. The van der Waals surface area contributed by atoms with E-state index in [-0.39, 0.29) is 29.7 Å². The van der Waals surface area contributed by atoms with E-state index in [1.807, 2.05) is 0 Å². The number of carbonyl (C=O) groups excluding carboxylic acids is 2. The second kappa shape index (κ2) is 6.91. The molecule has 2 N–H and O–H groups in total. The summed E-state index contributed by atoms with van der Waals surface area (Å²) in [6, 6.07) is 0.0841. The Kier molecular flexibility index (Phi) is 5.20. The molecule has 2 rings (SSSR count). The number of nitrogens with zero attached hydrogens (tertiary/aromatic N) is 1. The second-order valence-corrected chi connectivity index (χ2v) is 6.20. The Balaban J connectivity index is 1.79. The van der Waals surface area contributed by atoms with E-state index in [4.69, 9.17) is 5.11 Å². The van der Waals surface area contributed by atoms with Gasteiger partial charge in [0.15, 0.2) is 0 Å². The average Bonchev–Trinajstić information content (AvgIpc) is 2.48. The van der Waals surface area contributed by atoms with Gasteiger partial charge in [0.1, 0.15) is 0 Å². The van der Waals surface area contributed by atoms with Crippen molar-refractivity contribution >= 4 is 17.8 Å². The molecule has 0 aromatic rings. The quantitative estimate of drug-likeness (QED) is 0.813. The lowest BCUT2D eigenvalue weighted by Gasteiger charge is -2.33. The number of amides is 2. The molecule has 118 valence electrons. The zero-order valence-electron chi connectivity index (χ0n) is 12.5. The normalized spacial score (nSPS) is 29.8. The number of carboxylic acids is 1. The van der Waals surface area contributed by atoms with Crippen molar-refractivity contribution in [3.05, 3.63) is 0 Å². The number of rotatable bonds is 3. The molecule has 1 aliphatic carbocycles. The van der Waals surface area contributed by atoms with E-state index in [0.717, 1.165) is 32.2 Å². The number of piperidine rings is 1. The zero-order valence-corrected chi connectivity index (χ0v) is 12.5. The van der Waals surface area contributed by atoms with Gasteiger partial charge in [0.05, 0.1) is 11.8 Å². The molecule has 1 saturated carbocycles. The summed E-state index contributed by atoms with van der Waals surface area (Å²) in [5.41, 5.74) is 0. The van der Waals surface area contributed by atoms with E-state index >= 15 is 0 Å². The minimum atomic E-state index is -0.732. The number of carboxylic acid groups (broad SMARTS) is 1. The van der Waals surface area contributed by atoms with E-state index < -0.39 is 5.97 Å². The molecule has 1 unspecified atom stereocenters. The van der Waals surface area contributed by atoms with Crippen LogP contribution in [0.1, 0.15) is 45.4 Å². The molecule has 2 amide bonds. The molecule has 2 aliphatic rings. The van der Waals surface area contributed by atoms with Crippen molar-refractivity contribution < 1.29 is 19.5 Å². The van der Waals surface area contributed by atoms with Crippen LogP contribution in [0.15, 0.2) is 0 Å². The van der Waals surface area contributed by atoms with Gasteiger partial charge in [-0.1, -0.05) is 0 Å². The van der Waals surface area contributed by atoms with Crippen LogP contribution < -0.4 is 5.32 Å². The van der Waals surface area contributed by atoms with Gasteiger partial charge in [0.2, 0.25) is 11.8 Å². The van der Waals surface area contributed by atoms with Crippen LogP contribution in [0.2, 0.25) is 0 Å². The van der Waals surface area contributed by atoms with Gasteiger partial charge >= 0.3 is 5.97 Å². The van der Waals surface area contributed by atoms with Crippen molar-refractivity contribution in [2.75, 3.05) is 13.1 Å². The Morgan fingerprint density at radius 3 is 2.29 bits per heavy atom. The Hall–Kier alpha value is -1.59. The predicted molar refractivity (Wildman–Crippen MR) is 76.5 cm³/mol. The maximum absolute atomic E-state index is 12.3. The molecule has 1 heterocycles. The Morgan fingerprint density at radius 1 is 1.05 bits per heavy atom. The van der Waals surface area contributed by atoms with Crippen LogP contribution in [-0.4, -0.2) is 46.9 Å². The smallest absolute Gasteiger partial charge is 0.306 e. The summed E-state index contributed by atoms with van der Waals surface area (Å²) in [6.45, 7) is 2.78. The third-order valence-corrected chi connectivity index (χ3v) is 4.66. The van der Waals surface area contributed by atoms with Crippen LogP contribution in [0.5, 0.6) is 0 Å². The van der Waals surface area contributed by atoms with Crippen LogP contribution >= 0.6 is 0 Å². The number of hydrogen-bond acceptors (Lipinski definition) is 3. The molecule has 0 bridgehead atoms. The van der Waals surface area contributed by atoms with E-state index in [0.29, 0.717) is 19.4 Å². The lowest BCUT2D eigenvalue weighted by Crippen LogP contribution is -2.48. The molecule has 0 radical (unpaired) electrons. The second-order valence-electron chi connectivity index (χ2n) is 6.20. The van der Waals surface area contributed by atoms with E-state index in [1.54, 1.807) is 4.90 Å². The predicted octanol–water partition coefficient (Wildman–Crippen LogP) is 1.00. The van der Waals surface area contributed by atoms with Gasteiger partial charge in [0.25, 0.3) is 0 Å². The summed E-state index contributed by atoms with van der Waals surface area (Å²) in [5, 5.41) is 12.0. The van der Waals surface area contributed by atoms with Gasteiger partial charge in [-0.05, 0) is 38.5 Å². The lowest BCUT2D eigenvalue weighted by molar-refractivity contribution is -0.142. The Labute approximate surface area is 124 Å². The number of nitrogens with one attached hydrogen (secondary N) is 1. The summed E-state index contributed by atoms with van der Waals surface area (Å²) in [4.78, 5) is 36.3. The molecule has 0 aromatic heterocycles. The molecule has 21 heavy (non-hydrogen) atoms. The first-order chi connectivity index (χ1) is 9.97. The van der Waals surface area contributed by atoms with Crippen LogP contribution in [-0.2, 0) is 14.4 Å². The first-order valence-electron chi connectivity index (χ1n) is 7.76. The Bertz CT molecular complexity index is 416. The van der Waals surface area contributed by atoms with Crippen LogP contribution in [0.3, 0.4) is 0 Å². The third kappa shape index (κ3) is 4.19. The molecule has 6 heteroatoms. The molecular weight excluding hydrogens is 272 g/mol. The molecule has 0 spiro atoms. The SMILES string of the molecule is CC(=O)N1CCCC(C(=O)NC2CCC(C(=O)O)CC2)C1. The monoisotopic (exact) mass is 296 g/mol. The first kappa shape index (κ1) is 15.8. The fourth-order valence-electron chi connectivity index (χ4n) is 3.28. The van der Waals surface area contributed by atoms with Gasteiger partial charge in [-0.25, -0.2) is 0 Å². The minimum Gasteiger partial charge on any atom is -0.481 e. The number of hydrogen-bond donors (Lipinski definition) is 2. The highest BCUT2D eigenvalue weighted by molar-refractivity contribution is 5.81. The van der Waals surface area contributed by atoms with Crippen LogP contribution in [0.4, 0.5) is 0 Å². The highest BCUT2D eigenvalue weighted by Crippen LogP contribution is 2.25. The van der Waals surface area contributed by atoms with Crippen molar-refractivity contribution in [3.63, 3.8) is 0 Å². The summed E-state index contributed by atoms with van der Waals surface area (Å²) >= 11 is 0. The van der Waals surface area contributed by atoms with Crippen molar-refractivity contribution in [2.45, 2.75) is 51.5 Å². The van der Waals surface area contributed by atoms with E-state index in [1.165, 1.54) is 6.92 Å². The van der Waals surface area contributed by atoms with Crippen LogP contribution in [0.25, 0.3) is 0 Å². The molecule has 1 atom stereocenters. The highest BCUT2D eigenvalue weighted by Gasteiger charge is 2.31. The van der Waals surface area contributed by atoms with Crippen molar-refractivity contribution in [1.29, 1.82) is 0 Å². The van der Waals surface area contributed by atoms with Gasteiger partial charge in [0, 0.05) is 26.1 Å². The van der Waals surface area contributed by atoms with Crippen molar-refractivity contribution in [2.24, 2.45) is 11.8 Å². The number of carbonyl (C=O) groups is 3. The van der Waals surface area contributed by atoms with Gasteiger partial charge in [-0.15, -0.1) is 0 Å². The molecule has 1 saturated heterocycles. The van der Waals surface area contributed by atoms with Crippen LogP contribution in [0, 0.1) is 11.8 Å². The standard InChI is InChI=1S/C15H24N2O4/c1-10(18)17-8-2-3-12(9-17)14(19)16-13-6-4-11(5-7-13)15(20)21/h11-13H,2-9H2,1H3,(H,16,19)(H,20,21). The fraction of sp³-hybridized carbons (Fsp3) is 0.800. The topological polar surface area (TPSA) is 86.7 Å². The third-order valence-electron chi connectivity index (χ3n) is 4.66. The molecule has 2 fully saturated rings. The molecule has 0 aromatic carbocycles. The van der Waals surface area contributed by atoms with Crippen molar-refractivity contribution in [1.82, 2.24) is 10.2 Å². The molecular formula is C15H24N2O4. The average molecular weight is 296 g/mol. The van der Waals surface area contributed by atoms with Gasteiger partial charge in [-0.2, -0.15) is 0 Å². The first-order valence-corrected chi connectivity index (χ1v) is 7.76. The van der Waals surface area contributed by atoms with Gasteiger partial charge in [-0.3, -0.25) is 14.4 Å². The largest absolute Gasteiger partial charge is 0.481 e. The van der Waals surface area contributed by atoms with E-state index in [9.17, 15) is 14.4 Å². The zero-order chi connectivity index (χ0) is 15.4. The molecule has 6 nitrogen and oxygen atoms in total. The fourth-order valence-corrected chi connectivity index (χ4v) is 3.28. The maximum atomic E-state index is 12.3. The summed E-state index contributed by atoms with van der Waals surface area (Å²) < 4.78 is 0. The van der Waals surface area contributed by atoms with E-state index in [2.05, 4.69) is 5.32 Å². The molecule has 1 aliphatic heterocycles. The summed E-state index contributed by atoms with van der Waals surface area (Å²) in [7, 11) is 0. The Morgan fingerprint density at radius 2 is 1.71 bits per heavy atom.